The first-order valence-corrected chi connectivity index (χ1v) is 5.62. The van der Waals surface area contributed by atoms with E-state index >= 15 is 0 Å². The average molecular weight is 293 g/mol. The van der Waals surface area contributed by atoms with E-state index in [4.69, 9.17) is 0 Å². The summed E-state index contributed by atoms with van der Waals surface area (Å²) >= 11 is 3.52. The van der Waals surface area contributed by atoms with Crippen LogP contribution in [-0.2, 0) is 5.54 Å². The van der Waals surface area contributed by atoms with Gasteiger partial charge in [-0.2, -0.15) is 0 Å². The summed E-state index contributed by atoms with van der Waals surface area (Å²) in [6.45, 7) is 2.92. The lowest BCUT2D eigenvalue weighted by molar-refractivity contribution is 0.107. The largest absolute Gasteiger partial charge is 0.391 e. The van der Waals surface area contributed by atoms with Gasteiger partial charge in [-0.25, -0.2) is 0 Å². The number of aliphatic hydroxyl groups excluding tert-OH is 1. The second kappa shape index (κ2) is 4.83. The Morgan fingerprint density at radius 3 is 2.67 bits per heavy atom. The van der Waals surface area contributed by atoms with Crippen LogP contribution in [-0.4, -0.2) is 17.8 Å². The number of halogens is 2. The van der Waals surface area contributed by atoms with E-state index in [0.29, 0.717) is 0 Å². The van der Waals surface area contributed by atoms with Gasteiger partial charge in [-0.05, 0) is 31.5 Å². The van der Waals surface area contributed by atoms with Gasteiger partial charge in [0.25, 0.3) is 0 Å². The third kappa shape index (κ3) is 2.21. The van der Waals surface area contributed by atoms with Gasteiger partial charge >= 0.3 is 0 Å². The third-order valence-electron chi connectivity index (χ3n) is 3.01. The Morgan fingerprint density at radius 2 is 2.13 bits per heavy atom. The molecule has 0 radical (unpaired) electrons. The quantitative estimate of drug-likeness (QED) is 0.833. The van der Waals surface area contributed by atoms with Crippen LogP contribution in [0.3, 0.4) is 0 Å². The summed E-state index contributed by atoms with van der Waals surface area (Å²) in [7, 11) is 0. The molecule has 0 amide bonds. The van der Waals surface area contributed by atoms with Crippen LogP contribution >= 0.6 is 28.3 Å². The highest BCUT2D eigenvalue weighted by atomic mass is 79.9. The fraction of sp³-hybridized carbons (Fsp3) is 0.455. The van der Waals surface area contributed by atoms with Crippen LogP contribution in [0.25, 0.3) is 0 Å². The van der Waals surface area contributed by atoms with Crippen molar-refractivity contribution in [2.45, 2.75) is 25.0 Å². The Morgan fingerprint density at radius 1 is 1.47 bits per heavy atom. The van der Waals surface area contributed by atoms with Crippen LogP contribution in [0.1, 0.15) is 18.9 Å². The van der Waals surface area contributed by atoms with Gasteiger partial charge in [0.05, 0.1) is 11.6 Å². The van der Waals surface area contributed by atoms with E-state index in [-0.39, 0.29) is 24.0 Å². The van der Waals surface area contributed by atoms with Crippen molar-refractivity contribution in [1.82, 2.24) is 5.32 Å². The van der Waals surface area contributed by atoms with Gasteiger partial charge in [0.2, 0.25) is 0 Å². The van der Waals surface area contributed by atoms with Crippen LogP contribution in [0.5, 0.6) is 0 Å². The Hall–Kier alpha value is -0.0900. The first-order valence-electron chi connectivity index (χ1n) is 4.83. The molecule has 1 saturated heterocycles. The third-order valence-corrected chi connectivity index (χ3v) is 3.70. The molecule has 1 fully saturated rings. The van der Waals surface area contributed by atoms with Crippen molar-refractivity contribution < 1.29 is 5.11 Å². The highest BCUT2D eigenvalue weighted by Crippen LogP contribution is 2.34. The van der Waals surface area contributed by atoms with Crippen molar-refractivity contribution in [1.29, 1.82) is 0 Å². The smallest absolute Gasteiger partial charge is 0.0773 e. The molecule has 0 aliphatic carbocycles. The molecule has 2 unspecified atom stereocenters. The standard InChI is InChI=1S/C11H14BrNO.ClH/c1-11(10(14)6-7-13-11)8-4-2-3-5-9(8)12;/h2-5,10,13-14H,6-7H2,1H3;1H. The average Bonchev–Trinajstić information content (AvgIpc) is 2.49. The van der Waals surface area contributed by atoms with E-state index in [2.05, 4.69) is 21.2 Å². The lowest BCUT2D eigenvalue weighted by atomic mass is 9.88. The summed E-state index contributed by atoms with van der Waals surface area (Å²) in [5.74, 6) is 0. The van der Waals surface area contributed by atoms with Gasteiger partial charge in [0.15, 0.2) is 0 Å². The first-order chi connectivity index (χ1) is 6.64. The van der Waals surface area contributed by atoms with E-state index in [1.54, 1.807) is 0 Å². The van der Waals surface area contributed by atoms with Crippen LogP contribution in [0.15, 0.2) is 28.7 Å². The molecule has 15 heavy (non-hydrogen) atoms. The van der Waals surface area contributed by atoms with Crippen molar-refractivity contribution >= 4 is 28.3 Å². The molecule has 2 atom stereocenters. The van der Waals surface area contributed by atoms with Crippen LogP contribution in [0.4, 0.5) is 0 Å². The number of nitrogens with one attached hydrogen (secondary N) is 1. The Bertz CT molecular complexity index is 347. The van der Waals surface area contributed by atoms with Crippen molar-refractivity contribution in [3.63, 3.8) is 0 Å². The van der Waals surface area contributed by atoms with Crippen molar-refractivity contribution in [2.75, 3.05) is 6.54 Å². The van der Waals surface area contributed by atoms with Crippen LogP contribution in [0, 0.1) is 0 Å². The molecule has 2 N–H and O–H groups in total. The van der Waals surface area contributed by atoms with E-state index in [1.165, 1.54) is 0 Å². The molecule has 4 heteroatoms. The molecule has 0 saturated carbocycles. The zero-order valence-corrected chi connectivity index (χ0v) is 10.9. The number of hydrogen-bond donors (Lipinski definition) is 2. The van der Waals surface area contributed by atoms with Gasteiger partial charge < -0.3 is 10.4 Å². The van der Waals surface area contributed by atoms with E-state index in [0.717, 1.165) is 23.0 Å². The molecule has 1 heterocycles. The maximum atomic E-state index is 9.94. The second-order valence-corrected chi connectivity index (χ2v) is 4.77. The normalized spacial score (nSPS) is 29.9. The molecule has 0 aromatic heterocycles. The van der Waals surface area contributed by atoms with Crippen LogP contribution in [0.2, 0.25) is 0 Å². The Balaban J connectivity index is 0.00000112. The fourth-order valence-corrected chi connectivity index (χ4v) is 2.73. The van der Waals surface area contributed by atoms with Crippen molar-refractivity contribution in [3.8, 4) is 0 Å². The second-order valence-electron chi connectivity index (χ2n) is 3.91. The SMILES string of the molecule is CC1(c2ccccc2Br)NCCC1O.Cl. The minimum Gasteiger partial charge on any atom is -0.391 e. The van der Waals surface area contributed by atoms with Gasteiger partial charge in [-0.1, -0.05) is 34.1 Å². The molecule has 0 spiro atoms. The molecule has 1 aliphatic rings. The zero-order chi connectivity index (χ0) is 10.2. The molecule has 84 valence electrons. The lowest BCUT2D eigenvalue weighted by Gasteiger charge is -2.30. The lowest BCUT2D eigenvalue weighted by Crippen LogP contribution is -2.41. The number of benzene rings is 1. The van der Waals surface area contributed by atoms with Gasteiger partial charge in [0, 0.05) is 4.47 Å². The molecule has 1 aromatic rings. The Labute approximate surface area is 105 Å². The fourth-order valence-electron chi connectivity index (χ4n) is 2.03. The van der Waals surface area contributed by atoms with E-state index < -0.39 is 0 Å². The monoisotopic (exact) mass is 291 g/mol. The summed E-state index contributed by atoms with van der Waals surface area (Å²) in [4.78, 5) is 0. The van der Waals surface area contributed by atoms with Crippen molar-refractivity contribution in [3.05, 3.63) is 34.3 Å². The van der Waals surface area contributed by atoms with Gasteiger partial charge in [0.1, 0.15) is 0 Å². The predicted molar refractivity (Wildman–Crippen MR) is 67.4 cm³/mol. The highest BCUT2D eigenvalue weighted by Gasteiger charge is 2.39. The van der Waals surface area contributed by atoms with Gasteiger partial charge in [-0.3, -0.25) is 0 Å². The number of hydrogen-bond acceptors (Lipinski definition) is 2. The van der Waals surface area contributed by atoms with E-state index in [9.17, 15) is 5.11 Å². The maximum absolute atomic E-state index is 9.94. The summed E-state index contributed by atoms with van der Waals surface area (Å²) in [6.07, 6.45) is 0.513. The minimum atomic E-state index is -0.305. The molecule has 2 nitrogen and oxygen atoms in total. The predicted octanol–water partition coefficient (Wildman–Crippen LogP) is 2.44. The first kappa shape index (κ1) is 13.0. The summed E-state index contributed by atoms with van der Waals surface area (Å²) in [6, 6.07) is 8.04. The number of aliphatic hydroxyl groups is 1. The molecular weight excluding hydrogens is 277 g/mol. The molecule has 2 rings (SSSR count). The number of rotatable bonds is 1. The summed E-state index contributed by atoms with van der Waals surface area (Å²) in [5.41, 5.74) is 0.824. The minimum absolute atomic E-state index is 0. The topological polar surface area (TPSA) is 32.3 Å². The molecule has 1 aromatic carbocycles. The molecular formula is C11H15BrClNO. The Kier molecular flexibility index (Phi) is 4.18. The highest BCUT2D eigenvalue weighted by molar-refractivity contribution is 9.10. The van der Waals surface area contributed by atoms with Crippen LogP contribution < -0.4 is 5.32 Å². The summed E-state index contributed by atoms with van der Waals surface area (Å²) in [5, 5.41) is 13.3. The van der Waals surface area contributed by atoms with Crippen molar-refractivity contribution in [2.24, 2.45) is 0 Å². The van der Waals surface area contributed by atoms with E-state index in [1.807, 2.05) is 31.2 Å². The molecule has 0 bridgehead atoms. The summed E-state index contributed by atoms with van der Waals surface area (Å²) < 4.78 is 1.05. The molecule has 1 aliphatic heterocycles. The maximum Gasteiger partial charge on any atom is 0.0773 e. The van der Waals surface area contributed by atoms with Gasteiger partial charge in [-0.15, -0.1) is 12.4 Å². The zero-order valence-electron chi connectivity index (χ0n) is 8.53.